The molecular formula is C7H13BF3O-. The predicted octanol–water partition coefficient (Wildman–Crippen LogP) is 2.79. The van der Waals surface area contributed by atoms with Crippen LogP contribution in [-0.2, 0) is 4.74 Å². The lowest BCUT2D eigenvalue weighted by Crippen LogP contribution is -2.15. The summed E-state index contributed by atoms with van der Waals surface area (Å²) < 4.78 is 40.5. The lowest BCUT2D eigenvalue weighted by atomic mass is 9.83. The SMILES string of the molecule is F[B-](F)(F)CCCC1CCCO1. The molecule has 1 heterocycles. The maximum atomic E-state index is 11.8. The van der Waals surface area contributed by atoms with E-state index >= 15 is 0 Å². The topological polar surface area (TPSA) is 9.23 Å². The highest BCUT2D eigenvalue weighted by Gasteiger charge is 2.23. The third-order valence-electron chi connectivity index (χ3n) is 2.08. The first-order chi connectivity index (χ1) is 5.58. The Hall–Kier alpha value is -0.185. The van der Waals surface area contributed by atoms with Gasteiger partial charge in [0.05, 0.1) is 6.10 Å². The van der Waals surface area contributed by atoms with Gasteiger partial charge in [-0.05, 0) is 19.3 Å². The van der Waals surface area contributed by atoms with Gasteiger partial charge in [-0.1, -0.05) is 12.7 Å². The second-order valence-corrected chi connectivity index (χ2v) is 3.28. The molecule has 1 nitrogen and oxygen atoms in total. The van der Waals surface area contributed by atoms with Crippen LogP contribution >= 0.6 is 0 Å². The number of ether oxygens (including phenoxy) is 1. The Kier molecular flexibility index (Phi) is 3.44. The molecule has 0 radical (unpaired) electrons. The Bertz CT molecular complexity index is 131. The molecule has 72 valence electrons. The van der Waals surface area contributed by atoms with Gasteiger partial charge in [0.15, 0.2) is 0 Å². The van der Waals surface area contributed by atoms with Crippen LogP contribution < -0.4 is 0 Å². The molecule has 1 rings (SSSR count). The van der Waals surface area contributed by atoms with E-state index in [1.807, 2.05) is 0 Å². The van der Waals surface area contributed by atoms with Crippen molar-refractivity contribution >= 4 is 6.98 Å². The summed E-state index contributed by atoms with van der Waals surface area (Å²) >= 11 is 0. The first-order valence-electron chi connectivity index (χ1n) is 4.40. The van der Waals surface area contributed by atoms with E-state index in [0.717, 1.165) is 19.4 Å². The van der Waals surface area contributed by atoms with Crippen molar-refractivity contribution in [3.8, 4) is 0 Å². The molecule has 1 atom stereocenters. The fourth-order valence-corrected chi connectivity index (χ4v) is 1.45. The minimum atomic E-state index is -4.58. The van der Waals surface area contributed by atoms with Crippen LogP contribution in [0.4, 0.5) is 12.9 Å². The van der Waals surface area contributed by atoms with Crippen LogP contribution in [0.3, 0.4) is 0 Å². The zero-order valence-corrected chi connectivity index (χ0v) is 6.94. The number of halogens is 3. The van der Waals surface area contributed by atoms with E-state index in [0.29, 0.717) is 6.42 Å². The molecule has 1 aliphatic rings. The molecule has 0 amide bonds. The van der Waals surface area contributed by atoms with E-state index in [4.69, 9.17) is 4.74 Å². The van der Waals surface area contributed by atoms with Crippen molar-refractivity contribution in [3.63, 3.8) is 0 Å². The Labute approximate surface area is 70.3 Å². The highest BCUT2D eigenvalue weighted by atomic mass is 19.4. The molecule has 12 heavy (non-hydrogen) atoms. The molecule has 0 aromatic heterocycles. The van der Waals surface area contributed by atoms with Gasteiger partial charge in [-0.3, -0.25) is 0 Å². The van der Waals surface area contributed by atoms with Gasteiger partial charge in [0.2, 0.25) is 0 Å². The van der Waals surface area contributed by atoms with Crippen molar-refractivity contribution < 1.29 is 17.7 Å². The fourth-order valence-electron chi connectivity index (χ4n) is 1.45. The summed E-state index contributed by atoms with van der Waals surface area (Å²) in [6, 6.07) is 0. The van der Waals surface area contributed by atoms with E-state index in [1.54, 1.807) is 0 Å². The lowest BCUT2D eigenvalue weighted by molar-refractivity contribution is 0.103. The average molecular weight is 181 g/mol. The van der Waals surface area contributed by atoms with Gasteiger partial charge in [0, 0.05) is 6.61 Å². The highest BCUT2D eigenvalue weighted by Crippen LogP contribution is 2.22. The van der Waals surface area contributed by atoms with Gasteiger partial charge in [-0.15, -0.1) is 0 Å². The average Bonchev–Trinajstić information content (AvgIpc) is 2.36. The minimum absolute atomic E-state index is 0.100. The second-order valence-electron chi connectivity index (χ2n) is 3.28. The molecule has 0 aromatic rings. The van der Waals surface area contributed by atoms with Gasteiger partial charge < -0.3 is 17.7 Å². The maximum Gasteiger partial charge on any atom is 0.478 e. The summed E-state index contributed by atoms with van der Waals surface area (Å²) in [5.41, 5.74) is 0. The maximum absolute atomic E-state index is 11.8. The summed E-state index contributed by atoms with van der Waals surface area (Å²) in [5, 5.41) is 0. The lowest BCUT2D eigenvalue weighted by Gasteiger charge is -2.14. The zero-order chi connectivity index (χ0) is 9.03. The van der Waals surface area contributed by atoms with Gasteiger partial charge in [-0.25, -0.2) is 0 Å². The molecule has 0 bridgehead atoms. The van der Waals surface area contributed by atoms with Crippen LogP contribution in [0.15, 0.2) is 0 Å². The number of hydrogen-bond donors (Lipinski definition) is 0. The normalized spacial score (nSPS) is 24.8. The van der Waals surface area contributed by atoms with E-state index in [-0.39, 0.29) is 12.5 Å². The van der Waals surface area contributed by atoms with Crippen LogP contribution in [0.2, 0.25) is 6.32 Å². The van der Waals surface area contributed by atoms with E-state index < -0.39 is 13.3 Å². The molecule has 0 N–H and O–H groups in total. The van der Waals surface area contributed by atoms with Crippen molar-refractivity contribution in [3.05, 3.63) is 0 Å². The van der Waals surface area contributed by atoms with Gasteiger partial charge >= 0.3 is 6.98 Å². The monoisotopic (exact) mass is 181 g/mol. The predicted molar refractivity (Wildman–Crippen MR) is 42.1 cm³/mol. The number of rotatable bonds is 4. The summed E-state index contributed by atoms with van der Waals surface area (Å²) in [5.74, 6) is 0. The fraction of sp³-hybridized carbons (Fsp3) is 1.00. The minimum Gasteiger partial charge on any atom is -0.449 e. The van der Waals surface area contributed by atoms with Gasteiger partial charge in [0.25, 0.3) is 0 Å². The van der Waals surface area contributed by atoms with Crippen LogP contribution in [0, 0.1) is 0 Å². The van der Waals surface area contributed by atoms with Crippen molar-refractivity contribution in [2.45, 2.75) is 38.1 Å². The zero-order valence-electron chi connectivity index (χ0n) is 6.94. The van der Waals surface area contributed by atoms with E-state index in [1.165, 1.54) is 0 Å². The van der Waals surface area contributed by atoms with Crippen molar-refractivity contribution in [2.24, 2.45) is 0 Å². The van der Waals surface area contributed by atoms with Crippen LogP contribution in [0.25, 0.3) is 0 Å². The first-order valence-corrected chi connectivity index (χ1v) is 4.40. The summed E-state index contributed by atoms with van der Waals surface area (Å²) in [7, 11) is 0. The molecule has 5 heteroatoms. The van der Waals surface area contributed by atoms with Gasteiger partial charge in [0.1, 0.15) is 0 Å². The standard InChI is InChI=1S/C7H13BF3O/c9-8(10,11)5-1-3-7-4-2-6-12-7/h7H,1-6H2/q-1. The summed E-state index contributed by atoms with van der Waals surface area (Å²) in [4.78, 5) is 0. The third-order valence-corrected chi connectivity index (χ3v) is 2.08. The highest BCUT2D eigenvalue weighted by molar-refractivity contribution is 6.58. The Balaban J connectivity index is 2.02. The molecule has 1 saturated heterocycles. The molecular weight excluding hydrogens is 168 g/mol. The van der Waals surface area contributed by atoms with Gasteiger partial charge in [-0.2, -0.15) is 0 Å². The second kappa shape index (κ2) is 4.17. The van der Waals surface area contributed by atoms with Crippen molar-refractivity contribution in [1.29, 1.82) is 0 Å². The largest absolute Gasteiger partial charge is 0.478 e. The van der Waals surface area contributed by atoms with E-state index in [9.17, 15) is 12.9 Å². The number of hydrogen-bond acceptors (Lipinski definition) is 1. The van der Waals surface area contributed by atoms with Crippen LogP contribution in [0.5, 0.6) is 0 Å². The van der Waals surface area contributed by atoms with Crippen molar-refractivity contribution in [2.75, 3.05) is 6.61 Å². The first kappa shape index (κ1) is 9.90. The summed E-state index contributed by atoms with van der Waals surface area (Å²) in [6.45, 7) is -3.85. The van der Waals surface area contributed by atoms with E-state index in [2.05, 4.69) is 0 Å². The van der Waals surface area contributed by atoms with Crippen molar-refractivity contribution in [1.82, 2.24) is 0 Å². The Morgan fingerprint density at radius 3 is 2.58 bits per heavy atom. The van der Waals surface area contributed by atoms with Crippen LogP contribution in [0.1, 0.15) is 25.7 Å². The molecule has 0 saturated carbocycles. The molecule has 0 aliphatic carbocycles. The molecule has 0 aromatic carbocycles. The third kappa shape index (κ3) is 4.00. The van der Waals surface area contributed by atoms with Crippen LogP contribution in [-0.4, -0.2) is 19.7 Å². The molecule has 1 fully saturated rings. The summed E-state index contributed by atoms with van der Waals surface area (Å²) in [6.07, 6.45) is 2.23. The molecule has 1 unspecified atom stereocenters. The Morgan fingerprint density at radius 1 is 1.33 bits per heavy atom. The smallest absolute Gasteiger partial charge is 0.449 e. The molecule has 1 aliphatic heterocycles. The quantitative estimate of drug-likeness (QED) is 0.605. The molecule has 0 spiro atoms. The Morgan fingerprint density at radius 2 is 2.08 bits per heavy atom.